The number of nitrogens with zero attached hydrogens (tertiary/aromatic N) is 3. The molecule has 1 aromatic heterocycles. The number of carbonyl (C=O) groups is 1. The van der Waals surface area contributed by atoms with E-state index in [0.717, 1.165) is 25.3 Å². The van der Waals surface area contributed by atoms with Crippen LogP contribution < -0.4 is 16.0 Å². The first-order chi connectivity index (χ1) is 9.16. The summed E-state index contributed by atoms with van der Waals surface area (Å²) in [4.78, 5) is 14.0. The number of carbonyl (C=O) groups excluding carboxylic acids is 1. The average Bonchev–Trinajstić information content (AvgIpc) is 2.92. The third-order valence-corrected chi connectivity index (χ3v) is 3.20. The van der Waals surface area contributed by atoms with Crippen molar-refractivity contribution in [2.45, 2.75) is 32.2 Å². The zero-order valence-corrected chi connectivity index (χ0v) is 13.8. The highest BCUT2D eigenvalue weighted by Gasteiger charge is 2.15. The molecule has 8 heteroatoms. The van der Waals surface area contributed by atoms with Crippen LogP contribution in [0.1, 0.15) is 36.7 Å². The molecule has 120 valence electrons. The first kappa shape index (κ1) is 19.9. The number of rotatable bonds is 5. The number of nitrogens with one attached hydrogen (secondary N) is 1. The van der Waals surface area contributed by atoms with Crippen molar-refractivity contribution >= 4 is 36.5 Å². The molecule has 0 saturated carbocycles. The molecule has 0 bridgehead atoms. The van der Waals surface area contributed by atoms with E-state index in [9.17, 15) is 4.79 Å². The fraction of sp³-hybridized carbons (Fsp3) is 0.615. The summed E-state index contributed by atoms with van der Waals surface area (Å²) in [6.07, 6.45) is 3.15. The Kier molecular flexibility index (Phi) is 9.24. The van der Waals surface area contributed by atoms with Crippen LogP contribution in [-0.2, 0) is 0 Å². The van der Waals surface area contributed by atoms with Crippen molar-refractivity contribution < 1.29 is 4.79 Å². The van der Waals surface area contributed by atoms with Gasteiger partial charge in [0.05, 0.1) is 0 Å². The molecule has 1 unspecified atom stereocenters. The lowest BCUT2D eigenvalue weighted by molar-refractivity contribution is 0.0947. The summed E-state index contributed by atoms with van der Waals surface area (Å²) in [6, 6.07) is 3.67. The van der Waals surface area contributed by atoms with Crippen molar-refractivity contribution in [2.75, 3.05) is 24.5 Å². The summed E-state index contributed by atoms with van der Waals surface area (Å²) >= 11 is 0. The van der Waals surface area contributed by atoms with E-state index in [-0.39, 0.29) is 36.8 Å². The summed E-state index contributed by atoms with van der Waals surface area (Å²) < 4.78 is 0. The molecular weight excluding hydrogens is 313 g/mol. The van der Waals surface area contributed by atoms with Crippen LogP contribution in [0.3, 0.4) is 0 Å². The first-order valence-corrected chi connectivity index (χ1v) is 6.79. The highest BCUT2D eigenvalue weighted by Crippen LogP contribution is 2.16. The SMILES string of the molecule is CC(N)CCNC(=O)c1ccc(N2CCCC2)nn1.Cl.Cl. The third kappa shape index (κ3) is 6.03. The van der Waals surface area contributed by atoms with Crippen molar-refractivity contribution in [1.29, 1.82) is 0 Å². The summed E-state index contributed by atoms with van der Waals surface area (Å²) in [6.45, 7) is 4.52. The Bertz CT molecular complexity index is 421. The molecule has 1 saturated heterocycles. The predicted octanol–water partition coefficient (Wildman–Crippen LogP) is 1.39. The van der Waals surface area contributed by atoms with Crippen LogP contribution in [0.2, 0.25) is 0 Å². The summed E-state index contributed by atoms with van der Waals surface area (Å²) in [7, 11) is 0. The Labute approximate surface area is 137 Å². The van der Waals surface area contributed by atoms with Crippen molar-refractivity contribution in [3.8, 4) is 0 Å². The molecule has 2 heterocycles. The minimum absolute atomic E-state index is 0. The zero-order chi connectivity index (χ0) is 13.7. The van der Waals surface area contributed by atoms with Gasteiger partial charge in [-0.2, -0.15) is 0 Å². The van der Waals surface area contributed by atoms with E-state index in [1.54, 1.807) is 6.07 Å². The minimum Gasteiger partial charge on any atom is -0.355 e. The molecule has 1 atom stereocenters. The molecule has 1 aliphatic rings. The Hall–Kier alpha value is -1.11. The molecule has 0 aliphatic carbocycles. The number of hydrogen-bond acceptors (Lipinski definition) is 5. The monoisotopic (exact) mass is 335 g/mol. The van der Waals surface area contributed by atoms with Crippen LogP contribution in [0.5, 0.6) is 0 Å². The van der Waals surface area contributed by atoms with Crippen LogP contribution >= 0.6 is 24.8 Å². The maximum atomic E-state index is 11.8. The predicted molar refractivity (Wildman–Crippen MR) is 88.6 cm³/mol. The number of halogens is 2. The Morgan fingerprint density at radius 2 is 2.00 bits per heavy atom. The second-order valence-electron chi connectivity index (χ2n) is 4.99. The Morgan fingerprint density at radius 3 is 2.52 bits per heavy atom. The van der Waals surface area contributed by atoms with Gasteiger partial charge < -0.3 is 16.0 Å². The topological polar surface area (TPSA) is 84.1 Å². The molecule has 6 nitrogen and oxygen atoms in total. The number of aromatic nitrogens is 2. The molecular formula is C13H23Cl2N5O. The largest absolute Gasteiger partial charge is 0.355 e. The molecule has 2 rings (SSSR count). The van der Waals surface area contributed by atoms with E-state index in [0.29, 0.717) is 12.2 Å². The van der Waals surface area contributed by atoms with Crippen LogP contribution in [-0.4, -0.2) is 41.8 Å². The van der Waals surface area contributed by atoms with Gasteiger partial charge in [-0.3, -0.25) is 4.79 Å². The maximum Gasteiger partial charge on any atom is 0.271 e. The van der Waals surface area contributed by atoms with Crippen molar-refractivity contribution in [3.05, 3.63) is 17.8 Å². The minimum atomic E-state index is -0.193. The van der Waals surface area contributed by atoms with Gasteiger partial charge in [-0.05, 0) is 38.3 Å². The Morgan fingerprint density at radius 1 is 1.33 bits per heavy atom. The van der Waals surface area contributed by atoms with Crippen LogP contribution in [0.4, 0.5) is 5.82 Å². The van der Waals surface area contributed by atoms with E-state index in [4.69, 9.17) is 5.73 Å². The van der Waals surface area contributed by atoms with Gasteiger partial charge in [0.2, 0.25) is 0 Å². The van der Waals surface area contributed by atoms with Crippen LogP contribution in [0.15, 0.2) is 12.1 Å². The van der Waals surface area contributed by atoms with Gasteiger partial charge in [-0.25, -0.2) is 0 Å². The highest BCUT2D eigenvalue weighted by molar-refractivity contribution is 5.92. The molecule has 1 aliphatic heterocycles. The van der Waals surface area contributed by atoms with Crippen molar-refractivity contribution in [3.63, 3.8) is 0 Å². The van der Waals surface area contributed by atoms with Crippen LogP contribution in [0.25, 0.3) is 0 Å². The number of anilines is 1. The first-order valence-electron chi connectivity index (χ1n) is 6.79. The van der Waals surface area contributed by atoms with Gasteiger partial charge in [0.15, 0.2) is 11.5 Å². The summed E-state index contributed by atoms with van der Waals surface area (Å²) in [5.41, 5.74) is 5.98. The van der Waals surface area contributed by atoms with Gasteiger partial charge in [-0.15, -0.1) is 35.0 Å². The average molecular weight is 336 g/mol. The van der Waals surface area contributed by atoms with E-state index >= 15 is 0 Å². The number of hydrogen-bond donors (Lipinski definition) is 2. The van der Waals surface area contributed by atoms with Gasteiger partial charge in [-0.1, -0.05) is 0 Å². The molecule has 3 N–H and O–H groups in total. The van der Waals surface area contributed by atoms with E-state index in [2.05, 4.69) is 20.4 Å². The highest BCUT2D eigenvalue weighted by atomic mass is 35.5. The smallest absolute Gasteiger partial charge is 0.271 e. The second kappa shape index (κ2) is 9.76. The molecule has 1 aromatic rings. The fourth-order valence-corrected chi connectivity index (χ4v) is 2.07. The second-order valence-corrected chi connectivity index (χ2v) is 4.99. The number of amides is 1. The molecule has 21 heavy (non-hydrogen) atoms. The van der Waals surface area contributed by atoms with Gasteiger partial charge in [0, 0.05) is 25.7 Å². The van der Waals surface area contributed by atoms with Crippen molar-refractivity contribution in [1.82, 2.24) is 15.5 Å². The van der Waals surface area contributed by atoms with Crippen LogP contribution in [0, 0.1) is 0 Å². The molecule has 0 aromatic carbocycles. The van der Waals surface area contributed by atoms with E-state index in [1.165, 1.54) is 12.8 Å². The summed E-state index contributed by atoms with van der Waals surface area (Å²) in [5.74, 6) is 0.658. The third-order valence-electron chi connectivity index (χ3n) is 3.20. The molecule has 0 radical (unpaired) electrons. The maximum absolute atomic E-state index is 11.8. The van der Waals surface area contributed by atoms with Gasteiger partial charge in [0.1, 0.15) is 0 Å². The number of nitrogens with two attached hydrogens (primary N) is 1. The quantitative estimate of drug-likeness (QED) is 0.849. The van der Waals surface area contributed by atoms with Gasteiger partial charge in [0.25, 0.3) is 5.91 Å². The van der Waals surface area contributed by atoms with Crippen molar-refractivity contribution in [2.24, 2.45) is 5.73 Å². The van der Waals surface area contributed by atoms with E-state index < -0.39 is 0 Å². The lowest BCUT2D eigenvalue weighted by Gasteiger charge is -2.15. The molecule has 1 fully saturated rings. The normalized spacial score (nSPS) is 14.9. The lowest BCUT2D eigenvalue weighted by atomic mass is 10.2. The standard InChI is InChI=1S/C13H21N5O.2ClH/c1-10(14)6-7-15-13(19)11-4-5-12(17-16-11)18-8-2-3-9-18;;/h4-5,10H,2-3,6-9,14H2,1H3,(H,15,19);2*1H. The fourth-order valence-electron chi connectivity index (χ4n) is 2.07. The lowest BCUT2D eigenvalue weighted by Crippen LogP contribution is -2.30. The zero-order valence-electron chi connectivity index (χ0n) is 12.1. The van der Waals surface area contributed by atoms with Gasteiger partial charge >= 0.3 is 0 Å². The Balaban J connectivity index is 0.00000200. The molecule has 1 amide bonds. The van der Waals surface area contributed by atoms with E-state index in [1.807, 2.05) is 13.0 Å². The summed E-state index contributed by atoms with van der Waals surface area (Å²) in [5, 5.41) is 10.9. The molecule has 0 spiro atoms.